The summed E-state index contributed by atoms with van der Waals surface area (Å²) in [6.07, 6.45) is 1.24. The molecule has 3 atom stereocenters. The van der Waals surface area contributed by atoms with Crippen LogP contribution in [-0.4, -0.2) is 17.8 Å². The Morgan fingerprint density at radius 2 is 1.93 bits per heavy atom. The van der Waals surface area contributed by atoms with Gasteiger partial charge < -0.3 is 11.5 Å². The third-order valence-corrected chi connectivity index (χ3v) is 4.01. The van der Waals surface area contributed by atoms with E-state index in [1.165, 1.54) is 17.5 Å². The second kappa shape index (κ2) is 3.10. The zero-order chi connectivity index (χ0) is 10.6. The highest BCUT2D eigenvalue weighted by Crippen LogP contribution is 2.49. The first-order valence-corrected chi connectivity index (χ1v) is 5.85. The third kappa shape index (κ3) is 1.34. The van der Waals surface area contributed by atoms with E-state index in [0.29, 0.717) is 11.8 Å². The van der Waals surface area contributed by atoms with Gasteiger partial charge in [-0.05, 0) is 41.5 Å². The molecule has 1 unspecified atom stereocenters. The van der Waals surface area contributed by atoms with Gasteiger partial charge in [0.1, 0.15) is 0 Å². The molecule has 80 valence electrons. The maximum Gasteiger partial charge on any atom is 0.0373 e. The van der Waals surface area contributed by atoms with Gasteiger partial charge in [0, 0.05) is 24.5 Å². The number of hydrogen-bond donors (Lipinski definition) is 2. The first-order valence-electron chi connectivity index (χ1n) is 5.33. The van der Waals surface area contributed by atoms with Gasteiger partial charge in [-0.1, -0.05) is 9.39 Å². The number of rotatable bonds is 0. The van der Waals surface area contributed by atoms with Crippen molar-refractivity contribution in [2.24, 2.45) is 0 Å². The van der Waals surface area contributed by atoms with Gasteiger partial charge >= 0.3 is 0 Å². The zero-order valence-electron chi connectivity index (χ0n) is 8.61. The molecule has 1 aliphatic heterocycles. The number of hydrogen-bond acceptors (Lipinski definition) is 3. The molecule has 1 saturated heterocycles. The molecule has 2 bridgehead atoms. The Morgan fingerprint density at radius 1 is 1.20 bits per heavy atom. The summed E-state index contributed by atoms with van der Waals surface area (Å²) in [5.74, 6) is 1.24. The number of fused-ring (bicyclic) bond motifs is 5. The van der Waals surface area contributed by atoms with Crippen LogP contribution in [0.1, 0.15) is 29.4 Å². The second-order valence-corrected chi connectivity index (χ2v) is 5.43. The zero-order valence-corrected chi connectivity index (χ0v) is 9.76. The maximum atomic E-state index is 6.07. The third-order valence-electron chi connectivity index (χ3n) is 3.59. The van der Waals surface area contributed by atoms with Gasteiger partial charge in [-0.25, -0.2) is 0 Å². The fraction of sp³-hybridized carbons (Fsp3) is 0.455. The van der Waals surface area contributed by atoms with Crippen LogP contribution < -0.4 is 11.5 Å². The molecule has 3 nitrogen and oxygen atoms in total. The summed E-state index contributed by atoms with van der Waals surface area (Å²) in [5, 5.41) is 0. The van der Waals surface area contributed by atoms with Crippen molar-refractivity contribution in [2.45, 2.75) is 18.3 Å². The van der Waals surface area contributed by atoms with Crippen LogP contribution in [-0.2, 0) is 0 Å². The average molecular weight is 221 g/mol. The van der Waals surface area contributed by atoms with Crippen LogP contribution in [0.4, 0.5) is 11.4 Å². The van der Waals surface area contributed by atoms with Crippen LogP contribution in [0.25, 0.3) is 0 Å². The Morgan fingerprint density at radius 3 is 2.73 bits per heavy atom. The van der Waals surface area contributed by atoms with Gasteiger partial charge in [0.2, 0.25) is 0 Å². The molecule has 2 aliphatic rings. The quantitative estimate of drug-likeness (QED) is 0.516. The molecule has 0 aromatic heterocycles. The van der Waals surface area contributed by atoms with Crippen molar-refractivity contribution in [1.29, 1.82) is 0 Å². The van der Waals surface area contributed by atoms with E-state index in [0.717, 1.165) is 24.5 Å². The van der Waals surface area contributed by atoms with Crippen molar-refractivity contribution in [3.05, 3.63) is 23.3 Å². The highest BCUT2D eigenvalue weighted by atomic mass is 31.0. The summed E-state index contributed by atoms with van der Waals surface area (Å²) < 4.78 is 2.31. The molecule has 0 amide bonds. The first-order chi connectivity index (χ1) is 7.15. The summed E-state index contributed by atoms with van der Waals surface area (Å²) in [7, 11) is 2.80. The predicted molar refractivity (Wildman–Crippen MR) is 66.6 cm³/mol. The Balaban J connectivity index is 2.15. The maximum absolute atomic E-state index is 6.07. The van der Waals surface area contributed by atoms with Crippen LogP contribution in [0.15, 0.2) is 12.1 Å². The van der Waals surface area contributed by atoms with E-state index in [1.807, 2.05) is 6.07 Å². The molecule has 4 heteroatoms. The van der Waals surface area contributed by atoms with Crippen molar-refractivity contribution in [1.82, 2.24) is 4.67 Å². The molecule has 15 heavy (non-hydrogen) atoms. The molecule has 1 heterocycles. The van der Waals surface area contributed by atoms with E-state index in [-0.39, 0.29) is 0 Å². The van der Waals surface area contributed by atoms with Gasteiger partial charge in [-0.3, -0.25) is 4.67 Å². The molecule has 1 aromatic carbocycles. The van der Waals surface area contributed by atoms with Crippen LogP contribution in [0, 0.1) is 0 Å². The highest BCUT2D eigenvalue weighted by Gasteiger charge is 2.37. The van der Waals surface area contributed by atoms with Crippen LogP contribution in [0.3, 0.4) is 0 Å². The Labute approximate surface area is 92.1 Å². The number of nitrogen functional groups attached to an aromatic ring is 2. The monoisotopic (exact) mass is 221 g/mol. The van der Waals surface area contributed by atoms with Crippen molar-refractivity contribution < 1.29 is 0 Å². The Hall–Kier alpha value is -0.790. The Kier molecular flexibility index (Phi) is 1.95. The molecular formula is C11H16N3P. The van der Waals surface area contributed by atoms with Crippen molar-refractivity contribution in [3.8, 4) is 0 Å². The van der Waals surface area contributed by atoms with Crippen LogP contribution >= 0.6 is 9.39 Å². The minimum Gasteiger partial charge on any atom is -0.399 e. The minimum atomic E-state index is 0.608. The molecule has 1 aromatic rings. The fourth-order valence-corrected chi connectivity index (χ4v) is 3.61. The lowest BCUT2D eigenvalue weighted by atomic mass is 9.97. The van der Waals surface area contributed by atoms with E-state index in [1.54, 1.807) is 0 Å². The largest absolute Gasteiger partial charge is 0.399 e. The van der Waals surface area contributed by atoms with Crippen molar-refractivity contribution in [2.75, 3.05) is 24.6 Å². The predicted octanol–water partition coefficient (Wildman–Crippen LogP) is 1.53. The normalized spacial score (nSPS) is 29.1. The van der Waals surface area contributed by atoms with Crippen LogP contribution in [0.2, 0.25) is 0 Å². The van der Waals surface area contributed by atoms with Gasteiger partial charge in [0.05, 0.1) is 0 Å². The van der Waals surface area contributed by atoms with Gasteiger partial charge in [-0.15, -0.1) is 0 Å². The average Bonchev–Trinajstić information content (AvgIpc) is 2.38. The first kappa shape index (κ1) is 9.44. The SMILES string of the molecule is Nc1cc(N)c2c(c1)[C@H]1C[C@@H]2CN(P)C1. The highest BCUT2D eigenvalue weighted by molar-refractivity contribution is 7.13. The lowest BCUT2D eigenvalue weighted by molar-refractivity contribution is 0.335. The summed E-state index contributed by atoms with van der Waals surface area (Å²) in [4.78, 5) is 0. The van der Waals surface area contributed by atoms with E-state index in [4.69, 9.17) is 11.5 Å². The number of benzene rings is 1. The summed E-state index contributed by atoms with van der Waals surface area (Å²) in [6.45, 7) is 2.21. The molecule has 0 saturated carbocycles. The molecule has 1 aliphatic carbocycles. The van der Waals surface area contributed by atoms with Gasteiger partial charge in [0.15, 0.2) is 0 Å². The standard InChI is InChI=1S/C11H16N3P/c12-8-2-9-6-1-7(5-14(15)4-6)11(9)10(13)3-8/h2-3,6-7H,1,4-5,12-13,15H2/t6-,7+/m0/s1. The molecule has 1 fully saturated rings. The van der Waals surface area contributed by atoms with Crippen LogP contribution in [0.5, 0.6) is 0 Å². The van der Waals surface area contributed by atoms with E-state index in [9.17, 15) is 0 Å². The topological polar surface area (TPSA) is 55.3 Å². The smallest absolute Gasteiger partial charge is 0.0373 e. The fourth-order valence-electron chi connectivity index (χ4n) is 3.10. The van der Waals surface area contributed by atoms with E-state index >= 15 is 0 Å². The minimum absolute atomic E-state index is 0.608. The second-order valence-electron chi connectivity index (χ2n) is 4.70. The molecule has 0 radical (unpaired) electrons. The Bertz CT molecular complexity index is 419. The van der Waals surface area contributed by atoms with Crippen molar-refractivity contribution in [3.63, 3.8) is 0 Å². The molecular weight excluding hydrogens is 205 g/mol. The van der Waals surface area contributed by atoms with E-state index < -0.39 is 0 Å². The van der Waals surface area contributed by atoms with E-state index in [2.05, 4.69) is 20.1 Å². The molecule has 4 N–H and O–H groups in total. The lowest BCUT2D eigenvalue weighted by Gasteiger charge is -2.28. The van der Waals surface area contributed by atoms with Gasteiger partial charge in [-0.2, -0.15) is 0 Å². The number of anilines is 2. The number of nitrogens with two attached hydrogens (primary N) is 2. The van der Waals surface area contributed by atoms with Crippen molar-refractivity contribution >= 4 is 20.8 Å². The number of piperidine rings is 1. The summed E-state index contributed by atoms with van der Waals surface area (Å²) in [5.41, 5.74) is 16.4. The summed E-state index contributed by atoms with van der Waals surface area (Å²) in [6, 6.07) is 4.01. The molecule has 0 spiro atoms. The summed E-state index contributed by atoms with van der Waals surface area (Å²) >= 11 is 0. The number of nitrogens with zero attached hydrogens (tertiary/aromatic N) is 1. The van der Waals surface area contributed by atoms with Gasteiger partial charge in [0.25, 0.3) is 0 Å². The molecule has 3 rings (SSSR count). The lowest BCUT2D eigenvalue weighted by Crippen LogP contribution is -2.26.